The smallest absolute Gasteiger partial charge is 0.168 e. The molecule has 1 heterocycles. The Hall–Kier alpha value is -1.45. The van der Waals surface area contributed by atoms with Gasteiger partial charge in [-0.15, -0.1) is 0 Å². The summed E-state index contributed by atoms with van der Waals surface area (Å²) in [5, 5.41) is 0.324. The van der Waals surface area contributed by atoms with Crippen LogP contribution < -0.4 is 0 Å². The molecule has 0 bridgehead atoms. The van der Waals surface area contributed by atoms with Crippen molar-refractivity contribution < 1.29 is 9.18 Å². The van der Waals surface area contributed by atoms with Gasteiger partial charge >= 0.3 is 0 Å². The van der Waals surface area contributed by atoms with Gasteiger partial charge in [0, 0.05) is 24.4 Å². The fourth-order valence-corrected chi connectivity index (χ4v) is 1.87. The van der Waals surface area contributed by atoms with E-state index < -0.39 is 5.82 Å². The van der Waals surface area contributed by atoms with Gasteiger partial charge in [-0.1, -0.05) is 29.3 Å². The third-order valence-electron chi connectivity index (χ3n) is 2.42. The zero-order chi connectivity index (χ0) is 13.1. The van der Waals surface area contributed by atoms with Crippen LogP contribution >= 0.6 is 23.2 Å². The molecule has 0 spiro atoms. The third-order valence-corrected chi connectivity index (χ3v) is 3.03. The second-order valence-corrected chi connectivity index (χ2v) is 4.52. The van der Waals surface area contributed by atoms with E-state index in [2.05, 4.69) is 4.98 Å². The van der Waals surface area contributed by atoms with Crippen LogP contribution in [0.15, 0.2) is 36.7 Å². The number of benzene rings is 1. The quantitative estimate of drug-likeness (QED) is 0.799. The summed E-state index contributed by atoms with van der Waals surface area (Å²) in [4.78, 5) is 15.8. The predicted octanol–water partition coefficient (Wildman–Crippen LogP) is 3.95. The molecule has 0 radical (unpaired) electrons. The average molecular weight is 284 g/mol. The lowest BCUT2D eigenvalue weighted by molar-refractivity contribution is 0.0993. The first-order valence-corrected chi connectivity index (χ1v) is 5.90. The van der Waals surface area contributed by atoms with Crippen LogP contribution in [0.5, 0.6) is 0 Å². The standard InChI is InChI=1S/C13H8Cl2FNO/c14-10-2-1-8(5-12(10)16)6-13(18)9-3-4-17-7-11(9)15/h1-5,7H,6H2. The molecule has 0 unspecified atom stereocenters. The van der Waals surface area contributed by atoms with Crippen LogP contribution in [0, 0.1) is 5.82 Å². The first-order valence-electron chi connectivity index (χ1n) is 5.14. The van der Waals surface area contributed by atoms with Crippen LogP contribution in [-0.4, -0.2) is 10.8 Å². The zero-order valence-corrected chi connectivity index (χ0v) is 10.7. The minimum atomic E-state index is -0.539. The van der Waals surface area contributed by atoms with Gasteiger partial charge in [-0.05, 0) is 23.8 Å². The van der Waals surface area contributed by atoms with Crippen LogP contribution in [0.2, 0.25) is 10.0 Å². The Bertz CT molecular complexity index is 601. The van der Waals surface area contributed by atoms with Crippen molar-refractivity contribution in [2.24, 2.45) is 0 Å². The Morgan fingerprint density at radius 3 is 2.67 bits per heavy atom. The molecule has 92 valence electrons. The van der Waals surface area contributed by atoms with E-state index in [0.717, 1.165) is 0 Å². The molecule has 0 saturated carbocycles. The molecule has 0 amide bonds. The predicted molar refractivity (Wildman–Crippen MR) is 68.7 cm³/mol. The molecule has 5 heteroatoms. The Morgan fingerprint density at radius 2 is 2.00 bits per heavy atom. The fourth-order valence-electron chi connectivity index (χ4n) is 1.53. The van der Waals surface area contributed by atoms with Gasteiger partial charge in [0.25, 0.3) is 0 Å². The maximum absolute atomic E-state index is 13.2. The number of rotatable bonds is 3. The number of ketones is 1. The maximum Gasteiger partial charge on any atom is 0.168 e. The lowest BCUT2D eigenvalue weighted by atomic mass is 10.0. The maximum atomic E-state index is 13.2. The van der Waals surface area contributed by atoms with Gasteiger partial charge in [-0.2, -0.15) is 0 Å². The highest BCUT2D eigenvalue weighted by atomic mass is 35.5. The summed E-state index contributed by atoms with van der Waals surface area (Å²) in [5.41, 5.74) is 0.928. The van der Waals surface area contributed by atoms with Gasteiger partial charge in [0.15, 0.2) is 5.78 Å². The molecule has 0 fully saturated rings. The van der Waals surface area contributed by atoms with E-state index in [1.807, 2.05) is 0 Å². The average Bonchev–Trinajstić information content (AvgIpc) is 2.34. The van der Waals surface area contributed by atoms with Gasteiger partial charge in [0.2, 0.25) is 0 Å². The van der Waals surface area contributed by atoms with Crippen molar-refractivity contribution >= 4 is 29.0 Å². The van der Waals surface area contributed by atoms with E-state index in [0.29, 0.717) is 11.1 Å². The number of hydrogen-bond donors (Lipinski definition) is 0. The molecule has 0 N–H and O–H groups in total. The van der Waals surface area contributed by atoms with Crippen LogP contribution in [-0.2, 0) is 6.42 Å². The molecule has 2 rings (SSSR count). The van der Waals surface area contributed by atoms with E-state index >= 15 is 0 Å². The van der Waals surface area contributed by atoms with Crippen molar-refractivity contribution in [3.63, 3.8) is 0 Å². The highest BCUT2D eigenvalue weighted by Crippen LogP contribution is 2.19. The summed E-state index contributed by atoms with van der Waals surface area (Å²) in [5.74, 6) is -0.730. The number of pyridine rings is 1. The second-order valence-electron chi connectivity index (χ2n) is 3.70. The molecular weight excluding hydrogens is 276 g/mol. The van der Waals surface area contributed by atoms with Gasteiger partial charge in [0.05, 0.1) is 10.0 Å². The Morgan fingerprint density at radius 1 is 1.22 bits per heavy atom. The van der Waals surface area contributed by atoms with Gasteiger partial charge in [-0.3, -0.25) is 9.78 Å². The normalized spacial score (nSPS) is 10.4. The first kappa shape index (κ1) is 13.0. The summed E-state index contributed by atoms with van der Waals surface area (Å²) in [6.07, 6.45) is 2.95. The number of hydrogen-bond acceptors (Lipinski definition) is 2. The van der Waals surface area contributed by atoms with Gasteiger partial charge in [0.1, 0.15) is 5.82 Å². The molecule has 0 saturated heterocycles. The number of aromatic nitrogens is 1. The first-order chi connectivity index (χ1) is 8.58. The van der Waals surface area contributed by atoms with Crippen molar-refractivity contribution in [2.45, 2.75) is 6.42 Å². The van der Waals surface area contributed by atoms with Gasteiger partial charge < -0.3 is 0 Å². The van der Waals surface area contributed by atoms with E-state index in [1.165, 1.54) is 30.6 Å². The minimum Gasteiger partial charge on any atom is -0.294 e. The Balaban J connectivity index is 2.22. The largest absolute Gasteiger partial charge is 0.294 e. The van der Waals surface area contributed by atoms with E-state index in [4.69, 9.17) is 23.2 Å². The number of carbonyl (C=O) groups is 1. The van der Waals surface area contributed by atoms with Crippen LogP contribution in [0.25, 0.3) is 0 Å². The summed E-state index contributed by atoms with van der Waals surface area (Å²) in [6, 6.07) is 5.82. The van der Waals surface area contributed by atoms with Crippen molar-refractivity contribution in [2.75, 3.05) is 0 Å². The molecule has 2 nitrogen and oxygen atoms in total. The Labute approximate surface area is 113 Å². The lowest BCUT2D eigenvalue weighted by Crippen LogP contribution is -2.04. The molecule has 0 aliphatic rings. The third kappa shape index (κ3) is 2.86. The van der Waals surface area contributed by atoms with Crippen LogP contribution in [0.4, 0.5) is 4.39 Å². The van der Waals surface area contributed by atoms with Gasteiger partial charge in [-0.25, -0.2) is 4.39 Å². The van der Waals surface area contributed by atoms with E-state index in [-0.39, 0.29) is 22.2 Å². The van der Waals surface area contributed by atoms with Crippen LogP contribution in [0.1, 0.15) is 15.9 Å². The summed E-state index contributed by atoms with van der Waals surface area (Å²) in [7, 11) is 0. The minimum absolute atomic E-state index is 0.0353. The highest BCUT2D eigenvalue weighted by molar-refractivity contribution is 6.33. The van der Waals surface area contributed by atoms with Crippen molar-refractivity contribution in [3.8, 4) is 0 Å². The van der Waals surface area contributed by atoms with Crippen LogP contribution in [0.3, 0.4) is 0 Å². The fraction of sp³-hybridized carbons (Fsp3) is 0.0769. The van der Waals surface area contributed by atoms with E-state index in [9.17, 15) is 9.18 Å². The molecule has 0 atom stereocenters. The highest BCUT2D eigenvalue weighted by Gasteiger charge is 2.12. The molecule has 1 aromatic carbocycles. The van der Waals surface area contributed by atoms with Crippen molar-refractivity contribution in [1.29, 1.82) is 0 Å². The van der Waals surface area contributed by atoms with Crippen molar-refractivity contribution in [3.05, 3.63) is 63.6 Å². The number of carbonyl (C=O) groups excluding carboxylic acids is 1. The molecular formula is C13H8Cl2FNO. The zero-order valence-electron chi connectivity index (χ0n) is 9.16. The summed E-state index contributed by atoms with van der Waals surface area (Å²) in [6.45, 7) is 0. The molecule has 18 heavy (non-hydrogen) atoms. The summed E-state index contributed by atoms with van der Waals surface area (Å²) >= 11 is 11.4. The number of Topliss-reactive ketones (excluding diaryl/α,β-unsaturated/α-hetero) is 1. The summed E-state index contributed by atoms with van der Waals surface area (Å²) < 4.78 is 13.2. The lowest BCUT2D eigenvalue weighted by Gasteiger charge is -2.04. The molecule has 0 aliphatic heterocycles. The molecule has 1 aromatic heterocycles. The topological polar surface area (TPSA) is 30.0 Å². The number of halogens is 3. The second kappa shape index (κ2) is 5.46. The SMILES string of the molecule is O=C(Cc1ccc(Cl)c(F)c1)c1ccncc1Cl. The van der Waals surface area contributed by atoms with Crippen molar-refractivity contribution in [1.82, 2.24) is 4.98 Å². The molecule has 2 aromatic rings. The molecule has 0 aliphatic carbocycles. The Kier molecular flexibility index (Phi) is 3.94. The van der Waals surface area contributed by atoms with E-state index in [1.54, 1.807) is 6.07 Å². The number of nitrogens with zero attached hydrogens (tertiary/aromatic N) is 1. The monoisotopic (exact) mass is 283 g/mol.